The van der Waals surface area contributed by atoms with Gasteiger partial charge in [-0.1, -0.05) is 0 Å². The number of aromatic amines is 1. The van der Waals surface area contributed by atoms with Gasteiger partial charge in [0.05, 0.1) is 23.0 Å². The minimum Gasteiger partial charge on any atom is -0.380 e. The summed E-state index contributed by atoms with van der Waals surface area (Å²) in [7, 11) is 0. The number of benzene rings is 1. The van der Waals surface area contributed by atoms with Gasteiger partial charge in [-0.05, 0) is 55.3 Å². The predicted molar refractivity (Wildman–Crippen MR) is 113 cm³/mol. The van der Waals surface area contributed by atoms with E-state index in [2.05, 4.69) is 15.2 Å². The van der Waals surface area contributed by atoms with Gasteiger partial charge in [-0.25, -0.2) is 13.9 Å². The third-order valence-corrected chi connectivity index (χ3v) is 6.00. The normalized spacial score (nSPS) is 22.7. The summed E-state index contributed by atoms with van der Waals surface area (Å²) in [5, 5.41) is 17.9. The molecule has 1 fully saturated rings. The first-order valence-electron chi connectivity index (χ1n) is 10.0. The number of pyridine rings is 1. The average Bonchev–Trinajstić information content (AvgIpc) is 2.95. The first-order chi connectivity index (χ1) is 15.3. The Bertz CT molecular complexity index is 1390. The summed E-state index contributed by atoms with van der Waals surface area (Å²) < 4.78 is 27.5. The zero-order chi connectivity index (χ0) is 22.6. The molecule has 2 atom stereocenters. The van der Waals surface area contributed by atoms with Crippen LogP contribution in [0.3, 0.4) is 0 Å². The van der Waals surface area contributed by atoms with Gasteiger partial charge in [0, 0.05) is 29.6 Å². The Morgan fingerprint density at radius 2 is 2.03 bits per heavy atom. The van der Waals surface area contributed by atoms with Crippen LogP contribution in [0.5, 0.6) is 0 Å². The summed E-state index contributed by atoms with van der Waals surface area (Å²) in [5.41, 5.74) is -0.235. The molecule has 1 aliphatic carbocycles. The van der Waals surface area contributed by atoms with Gasteiger partial charge >= 0.3 is 0 Å². The van der Waals surface area contributed by atoms with Crippen LogP contribution in [0.15, 0.2) is 65.1 Å². The Labute approximate surface area is 180 Å². The molecule has 3 aromatic rings. The van der Waals surface area contributed by atoms with E-state index >= 15 is 0 Å². The standard InChI is InChI=1S/C23H18F2N4O3/c1-23(32)18-5-3-14(25)9-20(18)29(22(23)31)15-6-12(10-26-11-15)7-19-16-4-2-13(24)8-17(16)21(30)28-27-19/h2-4,6,8-11,18,32H,5,7H2,1H3,(H,28,30). The Kier molecular flexibility index (Phi) is 4.52. The highest BCUT2D eigenvalue weighted by Crippen LogP contribution is 2.45. The van der Waals surface area contributed by atoms with Gasteiger partial charge < -0.3 is 5.11 Å². The van der Waals surface area contributed by atoms with Crippen LogP contribution < -0.4 is 10.5 Å². The number of allylic oxidation sites excluding steroid dienone is 3. The van der Waals surface area contributed by atoms with Crippen molar-refractivity contribution in [1.82, 2.24) is 15.2 Å². The molecule has 0 radical (unpaired) electrons. The molecule has 0 spiro atoms. The van der Waals surface area contributed by atoms with Gasteiger partial charge in [-0.2, -0.15) is 5.10 Å². The topological polar surface area (TPSA) is 99.2 Å². The van der Waals surface area contributed by atoms with Crippen molar-refractivity contribution in [2.75, 3.05) is 4.90 Å². The number of anilines is 1. The van der Waals surface area contributed by atoms with E-state index in [1.807, 2.05) is 0 Å². The van der Waals surface area contributed by atoms with Crippen LogP contribution in [-0.4, -0.2) is 31.8 Å². The van der Waals surface area contributed by atoms with E-state index in [4.69, 9.17) is 0 Å². The van der Waals surface area contributed by atoms with Crippen LogP contribution in [0.2, 0.25) is 0 Å². The molecule has 1 aromatic carbocycles. The number of carbonyl (C=O) groups excluding carboxylic acids is 1. The van der Waals surface area contributed by atoms with Crippen molar-refractivity contribution in [3.8, 4) is 0 Å². The quantitative estimate of drug-likeness (QED) is 0.658. The minimum absolute atomic E-state index is 0.183. The lowest BCUT2D eigenvalue weighted by Crippen LogP contribution is -2.40. The van der Waals surface area contributed by atoms with Gasteiger partial charge in [0.25, 0.3) is 11.5 Å². The maximum absolute atomic E-state index is 14.0. The predicted octanol–water partition coefficient (Wildman–Crippen LogP) is 2.90. The Morgan fingerprint density at radius 3 is 2.84 bits per heavy atom. The van der Waals surface area contributed by atoms with Crippen molar-refractivity contribution in [3.05, 3.63) is 87.8 Å². The van der Waals surface area contributed by atoms with Crippen molar-refractivity contribution >= 4 is 22.4 Å². The first-order valence-corrected chi connectivity index (χ1v) is 10.0. The van der Waals surface area contributed by atoms with E-state index in [1.165, 1.54) is 42.3 Å². The number of amides is 1. The number of aromatic nitrogens is 3. The van der Waals surface area contributed by atoms with Gasteiger partial charge in [-0.15, -0.1) is 0 Å². The lowest BCUT2D eigenvalue weighted by atomic mass is 9.85. The molecular formula is C23H18F2N4O3. The Morgan fingerprint density at radius 1 is 1.22 bits per heavy atom. The molecule has 2 aromatic heterocycles. The smallest absolute Gasteiger partial charge is 0.272 e. The molecule has 1 saturated heterocycles. The van der Waals surface area contributed by atoms with Crippen molar-refractivity contribution in [1.29, 1.82) is 0 Å². The second-order valence-corrected chi connectivity index (χ2v) is 8.15. The SMILES string of the molecule is CC1(O)C(=O)N(c2cncc(Cc3n[nH]c(=O)c4cc(F)ccc34)c2)C2=CC(F)=CCC21. The molecule has 5 rings (SSSR count). The summed E-state index contributed by atoms with van der Waals surface area (Å²) in [6.45, 7) is 1.43. The van der Waals surface area contributed by atoms with E-state index in [0.717, 1.165) is 6.07 Å². The van der Waals surface area contributed by atoms with E-state index in [9.17, 15) is 23.5 Å². The third-order valence-electron chi connectivity index (χ3n) is 6.00. The van der Waals surface area contributed by atoms with Crippen LogP contribution in [0.25, 0.3) is 10.8 Å². The van der Waals surface area contributed by atoms with Crippen molar-refractivity contribution < 1.29 is 18.7 Å². The lowest BCUT2D eigenvalue weighted by molar-refractivity contribution is -0.134. The maximum Gasteiger partial charge on any atom is 0.272 e. The molecule has 0 bridgehead atoms. The second-order valence-electron chi connectivity index (χ2n) is 8.15. The van der Waals surface area contributed by atoms with E-state index in [-0.39, 0.29) is 18.2 Å². The molecular weight excluding hydrogens is 418 g/mol. The molecule has 3 heterocycles. The number of hydrogen-bond donors (Lipinski definition) is 2. The molecule has 162 valence electrons. The number of carbonyl (C=O) groups is 1. The van der Waals surface area contributed by atoms with E-state index < -0.39 is 34.6 Å². The molecule has 9 heteroatoms. The maximum atomic E-state index is 14.0. The summed E-state index contributed by atoms with van der Waals surface area (Å²) in [6, 6.07) is 5.59. The van der Waals surface area contributed by atoms with Crippen molar-refractivity contribution in [2.45, 2.75) is 25.4 Å². The van der Waals surface area contributed by atoms with Crippen molar-refractivity contribution in [2.24, 2.45) is 5.92 Å². The summed E-state index contributed by atoms with van der Waals surface area (Å²) in [4.78, 5) is 30.5. The second kappa shape index (κ2) is 7.16. The van der Waals surface area contributed by atoms with Gasteiger partial charge in [0.15, 0.2) is 0 Å². The zero-order valence-corrected chi connectivity index (χ0v) is 17.0. The van der Waals surface area contributed by atoms with Crippen LogP contribution in [0.4, 0.5) is 14.5 Å². The highest BCUT2D eigenvalue weighted by atomic mass is 19.1. The van der Waals surface area contributed by atoms with Crippen LogP contribution in [-0.2, 0) is 11.2 Å². The minimum atomic E-state index is -1.67. The number of fused-ring (bicyclic) bond motifs is 2. The largest absolute Gasteiger partial charge is 0.380 e. The zero-order valence-electron chi connectivity index (χ0n) is 17.0. The highest BCUT2D eigenvalue weighted by molar-refractivity contribution is 6.06. The van der Waals surface area contributed by atoms with Crippen LogP contribution in [0, 0.1) is 11.7 Å². The number of nitrogens with one attached hydrogen (secondary N) is 1. The Balaban J connectivity index is 1.55. The number of nitrogens with zero attached hydrogens (tertiary/aromatic N) is 3. The number of aliphatic hydroxyl groups is 1. The molecule has 7 nitrogen and oxygen atoms in total. The summed E-state index contributed by atoms with van der Waals surface area (Å²) >= 11 is 0. The molecule has 32 heavy (non-hydrogen) atoms. The molecule has 1 aliphatic heterocycles. The third kappa shape index (κ3) is 3.13. The fourth-order valence-corrected chi connectivity index (χ4v) is 4.36. The molecule has 2 unspecified atom stereocenters. The molecule has 0 saturated carbocycles. The summed E-state index contributed by atoms with van der Waals surface area (Å²) in [5.74, 6) is -2.11. The first kappa shape index (κ1) is 20.2. The van der Waals surface area contributed by atoms with Crippen LogP contribution in [0.1, 0.15) is 24.6 Å². The van der Waals surface area contributed by atoms with E-state index in [0.29, 0.717) is 28.0 Å². The number of hydrogen-bond acceptors (Lipinski definition) is 5. The fraction of sp³-hybridized carbons (Fsp3) is 0.217. The van der Waals surface area contributed by atoms with Gasteiger partial charge in [0.1, 0.15) is 17.2 Å². The van der Waals surface area contributed by atoms with Crippen molar-refractivity contribution in [3.63, 3.8) is 0 Å². The molecule has 2 N–H and O–H groups in total. The fourth-order valence-electron chi connectivity index (χ4n) is 4.36. The lowest BCUT2D eigenvalue weighted by Gasteiger charge is -2.23. The summed E-state index contributed by atoms with van der Waals surface area (Å²) in [6.07, 6.45) is 6.11. The average molecular weight is 436 g/mol. The number of rotatable bonds is 3. The highest BCUT2D eigenvalue weighted by Gasteiger charge is 2.53. The van der Waals surface area contributed by atoms with Crippen LogP contribution >= 0.6 is 0 Å². The molecule has 1 amide bonds. The van der Waals surface area contributed by atoms with Gasteiger partial charge in [0.2, 0.25) is 0 Å². The monoisotopic (exact) mass is 436 g/mol. The Hall–Kier alpha value is -3.72. The number of halogens is 2. The van der Waals surface area contributed by atoms with Gasteiger partial charge in [-0.3, -0.25) is 19.5 Å². The molecule has 2 aliphatic rings. The van der Waals surface area contributed by atoms with E-state index in [1.54, 1.807) is 12.3 Å². The number of H-pyrrole nitrogens is 1.